The maximum Gasteiger partial charge on any atom is 0.573 e. The molecule has 2 rings (SSSR count). The molecule has 0 amide bonds. The fourth-order valence-electron chi connectivity index (χ4n) is 2.65. The highest BCUT2D eigenvalue weighted by Crippen LogP contribution is 2.39. The van der Waals surface area contributed by atoms with Gasteiger partial charge in [0.1, 0.15) is 11.5 Å². The van der Waals surface area contributed by atoms with E-state index in [1.54, 1.807) is 0 Å². The number of phenols is 1. The fraction of sp³-hybridized carbons (Fsp3) is 0.571. The van der Waals surface area contributed by atoms with Gasteiger partial charge < -0.3 is 15.2 Å². The molecule has 1 aliphatic rings. The van der Waals surface area contributed by atoms with E-state index in [0.29, 0.717) is 13.1 Å². The summed E-state index contributed by atoms with van der Waals surface area (Å²) in [5, 5.41) is 12.9. The summed E-state index contributed by atoms with van der Waals surface area (Å²) < 4.78 is 79.4. The molecule has 1 aliphatic heterocycles. The largest absolute Gasteiger partial charge is 0.573 e. The van der Waals surface area contributed by atoms with Gasteiger partial charge in [0.15, 0.2) is 0 Å². The van der Waals surface area contributed by atoms with Gasteiger partial charge in [-0.05, 0) is 18.2 Å². The maximum absolute atomic E-state index is 12.9. The number of piperazine rings is 1. The molecule has 1 fully saturated rings. The van der Waals surface area contributed by atoms with Crippen LogP contribution in [0.15, 0.2) is 18.2 Å². The highest BCUT2D eigenvalue weighted by atomic mass is 19.4. The van der Waals surface area contributed by atoms with Crippen LogP contribution in [0.2, 0.25) is 0 Å². The number of halogens is 6. The minimum Gasteiger partial charge on any atom is -0.508 e. The lowest BCUT2D eigenvalue weighted by atomic mass is 9.99. The van der Waals surface area contributed by atoms with E-state index in [0.717, 1.165) is 18.2 Å². The van der Waals surface area contributed by atoms with E-state index in [2.05, 4.69) is 10.1 Å². The molecule has 0 saturated carbocycles. The molecule has 1 heterocycles. The Morgan fingerprint density at radius 1 is 1.12 bits per heavy atom. The summed E-state index contributed by atoms with van der Waals surface area (Å²) in [6.45, 7) is 1.47. The van der Waals surface area contributed by atoms with Crippen LogP contribution in [0.1, 0.15) is 18.0 Å². The molecule has 1 saturated heterocycles. The lowest BCUT2D eigenvalue weighted by Gasteiger charge is -2.36. The van der Waals surface area contributed by atoms with Crippen LogP contribution in [0.5, 0.6) is 11.5 Å². The minimum absolute atomic E-state index is 0.240. The molecular formula is C14H16F6N2O2. The predicted molar refractivity (Wildman–Crippen MR) is 72.6 cm³/mol. The molecule has 0 bridgehead atoms. The van der Waals surface area contributed by atoms with Gasteiger partial charge >= 0.3 is 12.5 Å². The number of phenolic OH excluding ortho intramolecular Hbond substituents is 1. The van der Waals surface area contributed by atoms with Crippen LogP contribution < -0.4 is 10.1 Å². The molecule has 136 valence electrons. The number of nitrogens with one attached hydrogen (secondary N) is 1. The zero-order valence-electron chi connectivity index (χ0n) is 12.4. The highest BCUT2D eigenvalue weighted by molar-refractivity contribution is 5.41. The van der Waals surface area contributed by atoms with Crippen molar-refractivity contribution in [3.8, 4) is 11.5 Å². The molecular weight excluding hydrogens is 342 g/mol. The van der Waals surface area contributed by atoms with Crippen molar-refractivity contribution in [2.45, 2.75) is 25.0 Å². The average molecular weight is 358 g/mol. The molecule has 0 spiro atoms. The van der Waals surface area contributed by atoms with Crippen molar-refractivity contribution in [1.29, 1.82) is 0 Å². The van der Waals surface area contributed by atoms with E-state index < -0.39 is 36.5 Å². The first-order valence-electron chi connectivity index (χ1n) is 7.15. The molecule has 0 aromatic heterocycles. The topological polar surface area (TPSA) is 44.7 Å². The SMILES string of the molecule is Oc1ccc(OC(F)(F)F)cc1[C@@H](CC(F)(F)F)N1CCNCC1. The first-order chi connectivity index (χ1) is 11.1. The molecule has 0 aliphatic carbocycles. The second-order valence-corrected chi connectivity index (χ2v) is 5.39. The van der Waals surface area contributed by atoms with E-state index >= 15 is 0 Å². The Bertz CT molecular complexity index is 555. The number of hydrogen-bond donors (Lipinski definition) is 2. The quantitative estimate of drug-likeness (QED) is 0.812. The van der Waals surface area contributed by atoms with Gasteiger partial charge in [-0.25, -0.2) is 0 Å². The highest BCUT2D eigenvalue weighted by Gasteiger charge is 2.38. The number of benzene rings is 1. The molecule has 10 heteroatoms. The van der Waals surface area contributed by atoms with Gasteiger partial charge in [0.2, 0.25) is 0 Å². The van der Waals surface area contributed by atoms with Crippen LogP contribution in [0, 0.1) is 0 Å². The van der Waals surface area contributed by atoms with Gasteiger partial charge in [0, 0.05) is 37.8 Å². The maximum atomic E-state index is 12.9. The first kappa shape index (κ1) is 18.7. The number of aromatic hydroxyl groups is 1. The normalized spacial score (nSPS) is 18.4. The number of ether oxygens (including phenoxy) is 1. The first-order valence-corrected chi connectivity index (χ1v) is 7.15. The summed E-state index contributed by atoms with van der Waals surface area (Å²) in [5.41, 5.74) is -0.240. The Morgan fingerprint density at radius 2 is 1.75 bits per heavy atom. The van der Waals surface area contributed by atoms with Crippen molar-refractivity contribution in [2.75, 3.05) is 26.2 Å². The Balaban J connectivity index is 2.34. The van der Waals surface area contributed by atoms with Gasteiger partial charge in [-0.15, -0.1) is 13.2 Å². The van der Waals surface area contributed by atoms with Crippen molar-refractivity contribution in [3.05, 3.63) is 23.8 Å². The summed E-state index contributed by atoms with van der Waals surface area (Å²) in [5.74, 6) is -1.17. The Kier molecular flexibility index (Phi) is 5.49. The molecule has 0 unspecified atom stereocenters. The van der Waals surface area contributed by atoms with Crippen LogP contribution >= 0.6 is 0 Å². The molecule has 0 radical (unpaired) electrons. The number of hydrogen-bond acceptors (Lipinski definition) is 4. The monoisotopic (exact) mass is 358 g/mol. The molecule has 2 N–H and O–H groups in total. The summed E-state index contributed by atoms with van der Waals surface area (Å²) in [4.78, 5) is 1.48. The van der Waals surface area contributed by atoms with Crippen molar-refractivity contribution < 1.29 is 36.2 Å². The second kappa shape index (κ2) is 7.06. The molecule has 1 atom stereocenters. The van der Waals surface area contributed by atoms with Gasteiger partial charge in [-0.3, -0.25) is 4.90 Å². The Labute approximate surface area is 134 Å². The third-order valence-electron chi connectivity index (χ3n) is 3.61. The number of nitrogens with zero attached hydrogens (tertiary/aromatic N) is 1. The van der Waals surface area contributed by atoms with E-state index in [-0.39, 0.29) is 18.7 Å². The smallest absolute Gasteiger partial charge is 0.508 e. The molecule has 4 nitrogen and oxygen atoms in total. The van der Waals surface area contributed by atoms with Crippen LogP contribution in [0.4, 0.5) is 26.3 Å². The van der Waals surface area contributed by atoms with Crippen LogP contribution in [-0.4, -0.2) is 48.7 Å². The minimum atomic E-state index is -4.97. The molecule has 1 aromatic rings. The molecule has 1 aromatic carbocycles. The van der Waals surface area contributed by atoms with Gasteiger partial charge in [0.25, 0.3) is 0 Å². The van der Waals surface area contributed by atoms with Crippen molar-refractivity contribution in [2.24, 2.45) is 0 Å². The van der Waals surface area contributed by atoms with Crippen LogP contribution in [0.3, 0.4) is 0 Å². The second-order valence-electron chi connectivity index (χ2n) is 5.39. The zero-order valence-corrected chi connectivity index (χ0v) is 12.4. The summed E-state index contributed by atoms with van der Waals surface area (Å²) in [6, 6.07) is 1.28. The number of alkyl halides is 6. The summed E-state index contributed by atoms with van der Waals surface area (Å²) >= 11 is 0. The average Bonchev–Trinajstić information content (AvgIpc) is 2.45. The van der Waals surface area contributed by atoms with Crippen molar-refractivity contribution >= 4 is 0 Å². The predicted octanol–water partition coefficient (Wildman–Crippen LogP) is 3.19. The number of rotatable bonds is 4. The summed E-state index contributed by atoms with van der Waals surface area (Å²) in [6.07, 6.45) is -10.8. The van der Waals surface area contributed by atoms with E-state index in [4.69, 9.17) is 0 Å². The lowest BCUT2D eigenvalue weighted by molar-refractivity contribution is -0.274. The lowest BCUT2D eigenvalue weighted by Crippen LogP contribution is -2.46. The van der Waals surface area contributed by atoms with Crippen molar-refractivity contribution in [1.82, 2.24) is 10.2 Å². The van der Waals surface area contributed by atoms with Gasteiger partial charge in [-0.2, -0.15) is 13.2 Å². The van der Waals surface area contributed by atoms with Crippen LogP contribution in [0.25, 0.3) is 0 Å². The molecule has 24 heavy (non-hydrogen) atoms. The van der Waals surface area contributed by atoms with E-state index in [9.17, 15) is 31.4 Å². The third-order valence-corrected chi connectivity index (χ3v) is 3.61. The summed E-state index contributed by atoms with van der Waals surface area (Å²) in [7, 11) is 0. The van der Waals surface area contributed by atoms with Gasteiger partial charge in [0.05, 0.1) is 6.42 Å². The Morgan fingerprint density at radius 3 is 2.29 bits per heavy atom. The van der Waals surface area contributed by atoms with Crippen LogP contribution in [-0.2, 0) is 0 Å². The van der Waals surface area contributed by atoms with Crippen molar-refractivity contribution in [3.63, 3.8) is 0 Å². The standard InChI is InChI=1S/C14H16F6N2O2/c15-13(16,17)8-11(22-5-3-21-4-6-22)10-7-9(1-2-12(10)23)24-14(18,19)20/h1-2,7,11,21,23H,3-6,8H2/t11-/m1/s1. The zero-order chi connectivity index (χ0) is 18.0. The van der Waals surface area contributed by atoms with E-state index in [1.807, 2.05) is 0 Å². The Hall–Kier alpha value is -1.68. The third kappa shape index (κ3) is 5.45. The van der Waals surface area contributed by atoms with Gasteiger partial charge in [-0.1, -0.05) is 0 Å². The fourth-order valence-corrected chi connectivity index (χ4v) is 2.65. The van der Waals surface area contributed by atoms with E-state index in [1.165, 1.54) is 4.90 Å².